The van der Waals surface area contributed by atoms with Crippen LogP contribution in [0.3, 0.4) is 0 Å². The van der Waals surface area contributed by atoms with Gasteiger partial charge in [0.25, 0.3) is 0 Å². The smallest absolute Gasteiger partial charge is 0.123 e. The van der Waals surface area contributed by atoms with E-state index in [0.29, 0.717) is 0 Å². The van der Waals surface area contributed by atoms with Gasteiger partial charge in [-0.15, -0.1) is 0 Å². The molecule has 1 aromatic carbocycles. The van der Waals surface area contributed by atoms with Gasteiger partial charge in [-0.1, -0.05) is 36.8 Å². The van der Waals surface area contributed by atoms with E-state index in [0.717, 1.165) is 29.2 Å². The number of benzene rings is 1. The van der Waals surface area contributed by atoms with E-state index in [1.165, 1.54) is 5.56 Å². The molecule has 2 rings (SSSR count). The molecule has 0 bridgehead atoms. The molecule has 3 N–H and O–H groups in total. The van der Waals surface area contributed by atoms with Gasteiger partial charge in [0.1, 0.15) is 5.82 Å². The number of rotatable bonds is 3. The Morgan fingerprint density at radius 3 is 2.47 bits per heavy atom. The van der Waals surface area contributed by atoms with E-state index < -0.39 is 0 Å². The molecule has 3 heteroatoms. The van der Waals surface area contributed by atoms with Crippen LogP contribution < -0.4 is 5.73 Å². The Morgan fingerprint density at radius 1 is 1.24 bits per heavy atom. The van der Waals surface area contributed by atoms with E-state index in [-0.39, 0.29) is 6.04 Å². The largest absolute Gasteiger partial charge is 0.344 e. The van der Waals surface area contributed by atoms with Gasteiger partial charge in [0.15, 0.2) is 0 Å². The first-order chi connectivity index (χ1) is 8.11. The van der Waals surface area contributed by atoms with Gasteiger partial charge in [-0.2, -0.15) is 0 Å². The Kier molecular flexibility index (Phi) is 3.29. The highest BCUT2D eigenvalue weighted by Crippen LogP contribution is 2.23. The number of nitrogens with two attached hydrogens (primary N) is 1. The first-order valence-electron chi connectivity index (χ1n) is 6.01. The number of nitrogens with one attached hydrogen (secondary N) is 1. The molecule has 1 heterocycles. The number of aryl methyl sites for hydroxylation is 2. The lowest BCUT2D eigenvalue weighted by Gasteiger charge is -2.03. The first kappa shape index (κ1) is 11.9. The summed E-state index contributed by atoms with van der Waals surface area (Å²) in [7, 11) is 0. The van der Waals surface area contributed by atoms with Crippen LogP contribution in [0.15, 0.2) is 24.3 Å². The average Bonchev–Trinajstić information content (AvgIpc) is 2.71. The molecular formula is C14H19N3. The highest BCUT2D eigenvalue weighted by Gasteiger charge is 2.12. The second kappa shape index (κ2) is 4.72. The molecule has 1 atom stereocenters. The van der Waals surface area contributed by atoms with Crippen LogP contribution in [0.4, 0.5) is 0 Å². The number of hydrogen-bond acceptors (Lipinski definition) is 2. The second-order valence-corrected chi connectivity index (χ2v) is 4.48. The van der Waals surface area contributed by atoms with E-state index in [1.807, 2.05) is 6.92 Å². The van der Waals surface area contributed by atoms with Crippen LogP contribution in [-0.2, 0) is 0 Å². The van der Waals surface area contributed by atoms with Crippen molar-refractivity contribution in [2.45, 2.75) is 33.2 Å². The van der Waals surface area contributed by atoms with Crippen LogP contribution in [0.5, 0.6) is 0 Å². The van der Waals surface area contributed by atoms with Gasteiger partial charge in [0.05, 0.1) is 11.7 Å². The maximum Gasteiger partial charge on any atom is 0.123 e. The van der Waals surface area contributed by atoms with Crippen molar-refractivity contribution >= 4 is 0 Å². The number of hydrogen-bond donors (Lipinski definition) is 2. The van der Waals surface area contributed by atoms with Gasteiger partial charge < -0.3 is 10.7 Å². The molecule has 90 valence electrons. The standard InChI is InChI=1S/C14H19N3/c1-4-12(15)14-16-10(3)13(17-14)11-7-5-9(2)6-8-11/h5-8,12H,4,15H2,1-3H3,(H,16,17). The normalized spacial score (nSPS) is 12.7. The monoisotopic (exact) mass is 229 g/mol. The van der Waals surface area contributed by atoms with E-state index in [4.69, 9.17) is 5.73 Å². The van der Waals surface area contributed by atoms with Crippen LogP contribution in [0, 0.1) is 13.8 Å². The quantitative estimate of drug-likeness (QED) is 0.849. The van der Waals surface area contributed by atoms with Crippen molar-refractivity contribution < 1.29 is 0 Å². The Balaban J connectivity index is 2.39. The number of H-pyrrole nitrogens is 1. The Labute approximate surface area is 102 Å². The molecule has 0 radical (unpaired) electrons. The Hall–Kier alpha value is -1.61. The molecule has 0 aliphatic rings. The van der Waals surface area contributed by atoms with Gasteiger partial charge in [-0.05, 0) is 20.3 Å². The zero-order chi connectivity index (χ0) is 12.4. The van der Waals surface area contributed by atoms with Crippen molar-refractivity contribution in [3.05, 3.63) is 41.3 Å². The minimum absolute atomic E-state index is 0.00658. The van der Waals surface area contributed by atoms with Crippen molar-refractivity contribution in [3.8, 4) is 11.3 Å². The highest BCUT2D eigenvalue weighted by molar-refractivity contribution is 5.62. The Bertz CT molecular complexity index is 497. The summed E-state index contributed by atoms with van der Waals surface area (Å²) in [5.41, 5.74) is 10.5. The van der Waals surface area contributed by atoms with Gasteiger partial charge in [-0.3, -0.25) is 0 Å². The molecule has 17 heavy (non-hydrogen) atoms. The molecule has 3 nitrogen and oxygen atoms in total. The third-order valence-electron chi connectivity index (χ3n) is 3.02. The zero-order valence-electron chi connectivity index (χ0n) is 10.6. The van der Waals surface area contributed by atoms with Crippen LogP contribution in [-0.4, -0.2) is 9.97 Å². The van der Waals surface area contributed by atoms with Gasteiger partial charge in [0, 0.05) is 11.3 Å². The van der Waals surface area contributed by atoms with Crippen LogP contribution in [0.1, 0.15) is 36.5 Å². The molecule has 2 aromatic rings. The summed E-state index contributed by atoms with van der Waals surface area (Å²) < 4.78 is 0. The zero-order valence-corrected chi connectivity index (χ0v) is 10.6. The molecule has 0 saturated heterocycles. The molecule has 0 spiro atoms. The minimum Gasteiger partial charge on any atom is -0.344 e. The summed E-state index contributed by atoms with van der Waals surface area (Å²) in [6.07, 6.45) is 0.889. The van der Waals surface area contributed by atoms with Crippen molar-refractivity contribution in [3.63, 3.8) is 0 Å². The summed E-state index contributed by atoms with van der Waals surface area (Å²) in [4.78, 5) is 7.87. The van der Waals surface area contributed by atoms with Crippen molar-refractivity contribution in [1.29, 1.82) is 0 Å². The maximum atomic E-state index is 5.98. The Morgan fingerprint density at radius 2 is 1.88 bits per heavy atom. The van der Waals surface area contributed by atoms with E-state index in [9.17, 15) is 0 Å². The average molecular weight is 229 g/mol. The van der Waals surface area contributed by atoms with Crippen molar-refractivity contribution in [2.75, 3.05) is 0 Å². The van der Waals surface area contributed by atoms with Gasteiger partial charge >= 0.3 is 0 Å². The number of aromatic amines is 1. The van der Waals surface area contributed by atoms with E-state index in [1.54, 1.807) is 0 Å². The minimum atomic E-state index is -0.00658. The summed E-state index contributed by atoms with van der Waals surface area (Å²) in [6.45, 7) is 6.18. The lowest BCUT2D eigenvalue weighted by Crippen LogP contribution is -2.10. The molecule has 0 amide bonds. The lowest BCUT2D eigenvalue weighted by atomic mass is 10.1. The van der Waals surface area contributed by atoms with Gasteiger partial charge in [-0.25, -0.2) is 4.98 Å². The fourth-order valence-corrected chi connectivity index (χ4v) is 1.85. The fraction of sp³-hybridized carbons (Fsp3) is 0.357. The summed E-state index contributed by atoms with van der Waals surface area (Å²) in [6, 6.07) is 8.39. The molecule has 0 aliphatic heterocycles. The topological polar surface area (TPSA) is 54.7 Å². The second-order valence-electron chi connectivity index (χ2n) is 4.48. The summed E-state index contributed by atoms with van der Waals surface area (Å²) >= 11 is 0. The number of aromatic nitrogens is 2. The lowest BCUT2D eigenvalue weighted by molar-refractivity contribution is 0.657. The fourth-order valence-electron chi connectivity index (χ4n) is 1.85. The molecule has 1 aromatic heterocycles. The molecule has 0 fully saturated rings. The van der Waals surface area contributed by atoms with Crippen molar-refractivity contribution in [2.24, 2.45) is 5.73 Å². The summed E-state index contributed by atoms with van der Waals surface area (Å²) in [5.74, 6) is 0.876. The molecule has 1 unspecified atom stereocenters. The molecule has 0 aliphatic carbocycles. The first-order valence-corrected chi connectivity index (χ1v) is 6.01. The predicted molar refractivity (Wildman–Crippen MR) is 70.7 cm³/mol. The number of nitrogens with zero attached hydrogens (tertiary/aromatic N) is 1. The predicted octanol–water partition coefficient (Wildman–Crippen LogP) is 3.10. The molecule has 0 saturated carbocycles. The summed E-state index contributed by atoms with van der Waals surface area (Å²) in [5, 5.41) is 0. The maximum absolute atomic E-state index is 5.98. The highest BCUT2D eigenvalue weighted by atomic mass is 15.0. The van der Waals surface area contributed by atoms with Gasteiger partial charge in [0.2, 0.25) is 0 Å². The van der Waals surface area contributed by atoms with Crippen LogP contribution in [0.2, 0.25) is 0 Å². The SMILES string of the molecule is CCC(N)c1nc(-c2ccc(C)cc2)c(C)[nH]1. The van der Waals surface area contributed by atoms with E-state index >= 15 is 0 Å². The van der Waals surface area contributed by atoms with Crippen LogP contribution >= 0.6 is 0 Å². The molecular weight excluding hydrogens is 210 g/mol. The van der Waals surface area contributed by atoms with E-state index in [2.05, 4.69) is 48.1 Å². The third-order valence-corrected chi connectivity index (χ3v) is 3.02. The van der Waals surface area contributed by atoms with Crippen molar-refractivity contribution in [1.82, 2.24) is 9.97 Å². The third kappa shape index (κ3) is 2.39. The van der Waals surface area contributed by atoms with Crippen LogP contribution in [0.25, 0.3) is 11.3 Å². The number of imidazole rings is 1.